The maximum Gasteiger partial charge on any atom is 0.326 e. The number of carboxylic acid groups (broad SMARTS) is 1. The summed E-state index contributed by atoms with van der Waals surface area (Å²) in [6.45, 7) is 0. The maximum atomic E-state index is 11.9. The fourth-order valence-electron chi connectivity index (χ4n) is 2.06. The van der Waals surface area contributed by atoms with Crippen molar-refractivity contribution in [3.63, 3.8) is 0 Å². The van der Waals surface area contributed by atoms with E-state index >= 15 is 0 Å². The van der Waals surface area contributed by atoms with Gasteiger partial charge in [-0.2, -0.15) is 0 Å². The van der Waals surface area contributed by atoms with Gasteiger partial charge in [0.05, 0.1) is 7.11 Å². The third-order valence-electron chi connectivity index (χ3n) is 3.26. The highest BCUT2D eigenvalue weighted by atomic mass is 16.5. The molecule has 1 aromatic heterocycles. The number of nitrogens with one attached hydrogen (secondary N) is 1. The van der Waals surface area contributed by atoms with Crippen molar-refractivity contribution in [1.29, 1.82) is 0 Å². The lowest BCUT2D eigenvalue weighted by Crippen LogP contribution is -2.42. The van der Waals surface area contributed by atoms with Crippen LogP contribution in [0.5, 0.6) is 5.88 Å². The number of rotatable bonds is 8. The Labute approximate surface area is 133 Å². The SMILES string of the molecule is COc1cc(CCC(=O)NC(Cc2ccccc2)C(=O)O)on1. The first-order valence-electron chi connectivity index (χ1n) is 7.14. The van der Waals surface area contributed by atoms with Crippen LogP contribution in [0.4, 0.5) is 0 Å². The van der Waals surface area contributed by atoms with E-state index in [1.807, 2.05) is 30.3 Å². The minimum absolute atomic E-state index is 0.108. The van der Waals surface area contributed by atoms with Gasteiger partial charge >= 0.3 is 5.97 Å². The van der Waals surface area contributed by atoms with Crippen LogP contribution in [0.15, 0.2) is 40.9 Å². The summed E-state index contributed by atoms with van der Waals surface area (Å²) >= 11 is 0. The van der Waals surface area contributed by atoms with Crippen molar-refractivity contribution >= 4 is 11.9 Å². The molecular formula is C16H18N2O5. The van der Waals surface area contributed by atoms with Gasteiger partial charge in [0.25, 0.3) is 5.88 Å². The van der Waals surface area contributed by atoms with Gasteiger partial charge in [-0.1, -0.05) is 30.3 Å². The van der Waals surface area contributed by atoms with E-state index in [2.05, 4.69) is 10.5 Å². The zero-order valence-electron chi connectivity index (χ0n) is 12.7. The van der Waals surface area contributed by atoms with Crippen LogP contribution in [-0.2, 0) is 22.4 Å². The number of ether oxygens (including phenoxy) is 1. The highest BCUT2D eigenvalue weighted by molar-refractivity contribution is 5.83. The summed E-state index contributed by atoms with van der Waals surface area (Å²) in [6, 6.07) is 9.77. The predicted molar refractivity (Wildman–Crippen MR) is 81.1 cm³/mol. The average molecular weight is 318 g/mol. The molecular weight excluding hydrogens is 300 g/mol. The first-order valence-corrected chi connectivity index (χ1v) is 7.14. The fraction of sp³-hybridized carbons (Fsp3) is 0.312. The van der Waals surface area contributed by atoms with Crippen LogP contribution in [0.25, 0.3) is 0 Å². The van der Waals surface area contributed by atoms with Crippen LogP contribution in [-0.4, -0.2) is 35.3 Å². The van der Waals surface area contributed by atoms with E-state index in [-0.39, 0.29) is 18.7 Å². The quantitative estimate of drug-likeness (QED) is 0.763. The summed E-state index contributed by atoms with van der Waals surface area (Å²) in [5.41, 5.74) is 0.847. The van der Waals surface area contributed by atoms with E-state index in [4.69, 9.17) is 9.26 Å². The molecule has 23 heavy (non-hydrogen) atoms. The van der Waals surface area contributed by atoms with Crippen LogP contribution in [0, 0.1) is 0 Å². The molecule has 2 rings (SSSR count). The number of aryl methyl sites for hydroxylation is 1. The summed E-state index contributed by atoms with van der Waals surface area (Å²) in [5, 5.41) is 15.4. The number of amides is 1. The van der Waals surface area contributed by atoms with Crippen LogP contribution in [0.3, 0.4) is 0 Å². The topological polar surface area (TPSA) is 102 Å². The van der Waals surface area contributed by atoms with E-state index in [9.17, 15) is 14.7 Å². The summed E-state index contributed by atoms with van der Waals surface area (Å²) in [5.74, 6) is -0.577. The molecule has 1 unspecified atom stereocenters. The van der Waals surface area contributed by atoms with E-state index in [1.165, 1.54) is 7.11 Å². The maximum absolute atomic E-state index is 11.9. The van der Waals surface area contributed by atoms with Gasteiger partial charge in [0.15, 0.2) is 0 Å². The summed E-state index contributed by atoms with van der Waals surface area (Å²) in [4.78, 5) is 23.2. The molecule has 7 nitrogen and oxygen atoms in total. The Balaban J connectivity index is 1.86. The van der Waals surface area contributed by atoms with E-state index in [1.54, 1.807) is 6.07 Å². The van der Waals surface area contributed by atoms with Crippen molar-refractivity contribution in [2.45, 2.75) is 25.3 Å². The van der Waals surface area contributed by atoms with Gasteiger partial charge in [0.1, 0.15) is 11.8 Å². The Kier molecular flexibility index (Phi) is 5.74. The van der Waals surface area contributed by atoms with Crippen LogP contribution in [0.1, 0.15) is 17.7 Å². The molecule has 2 aromatic rings. The molecule has 1 aromatic carbocycles. The van der Waals surface area contributed by atoms with Crippen LogP contribution < -0.4 is 10.1 Å². The molecule has 0 aliphatic carbocycles. The molecule has 1 atom stereocenters. The van der Waals surface area contributed by atoms with E-state index in [0.717, 1.165) is 5.56 Å². The van der Waals surface area contributed by atoms with Crippen molar-refractivity contribution < 1.29 is 24.0 Å². The lowest BCUT2D eigenvalue weighted by Gasteiger charge is -2.14. The third-order valence-corrected chi connectivity index (χ3v) is 3.26. The summed E-state index contributed by atoms with van der Waals surface area (Å²) < 4.78 is 9.86. The molecule has 2 N–H and O–H groups in total. The molecule has 0 bridgehead atoms. The van der Waals surface area contributed by atoms with Gasteiger partial charge in [-0.05, 0) is 10.7 Å². The normalized spacial score (nSPS) is 11.7. The largest absolute Gasteiger partial charge is 0.480 e. The van der Waals surface area contributed by atoms with Crippen LogP contribution in [0.2, 0.25) is 0 Å². The summed E-state index contributed by atoms with van der Waals surface area (Å²) in [6.07, 6.45) is 0.662. The first-order chi connectivity index (χ1) is 11.1. The molecule has 1 heterocycles. The minimum atomic E-state index is -1.07. The first kappa shape index (κ1) is 16.5. The molecule has 0 saturated heterocycles. The smallest absolute Gasteiger partial charge is 0.326 e. The number of hydrogen-bond acceptors (Lipinski definition) is 5. The Bertz CT molecular complexity index is 654. The highest BCUT2D eigenvalue weighted by Crippen LogP contribution is 2.12. The lowest BCUT2D eigenvalue weighted by molar-refractivity contribution is -0.141. The van der Waals surface area contributed by atoms with Gasteiger partial charge in [0, 0.05) is 25.3 Å². The third kappa shape index (κ3) is 5.14. The molecule has 0 aliphatic heterocycles. The zero-order valence-corrected chi connectivity index (χ0v) is 12.7. The molecule has 0 spiro atoms. The molecule has 1 amide bonds. The number of hydrogen-bond donors (Lipinski definition) is 2. The number of methoxy groups -OCH3 is 1. The fourth-order valence-corrected chi connectivity index (χ4v) is 2.06. The lowest BCUT2D eigenvalue weighted by atomic mass is 10.1. The van der Waals surface area contributed by atoms with Gasteiger partial charge in [-0.25, -0.2) is 4.79 Å². The Morgan fingerprint density at radius 1 is 1.35 bits per heavy atom. The molecule has 0 aliphatic rings. The van der Waals surface area contributed by atoms with Crippen LogP contribution >= 0.6 is 0 Å². The van der Waals surface area contributed by atoms with Crippen molar-refractivity contribution in [3.8, 4) is 5.88 Å². The highest BCUT2D eigenvalue weighted by Gasteiger charge is 2.20. The Morgan fingerprint density at radius 3 is 2.70 bits per heavy atom. The van der Waals surface area contributed by atoms with E-state index in [0.29, 0.717) is 18.1 Å². The second kappa shape index (κ2) is 7.98. The van der Waals surface area contributed by atoms with Crippen molar-refractivity contribution in [1.82, 2.24) is 10.5 Å². The monoisotopic (exact) mass is 318 g/mol. The second-order valence-electron chi connectivity index (χ2n) is 4.98. The number of nitrogens with zero attached hydrogens (tertiary/aromatic N) is 1. The minimum Gasteiger partial charge on any atom is -0.480 e. The molecule has 0 fully saturated rings. The number of aliphatic carboxylic acids is 1. The Hall–Kier alpha value is -2.83. The second-order valence-corrected chi connectivity index (χ2v) is 4.98. The molecule has 0 saturated carbocycles. The molecule has 122 valence electrons. The predicted octanol–water partition coefficient (Wildman–Crippen LogP) is 1.43. The van der Waals surface area contributed by atoms with Gasteiger partial charge < -0.3 is 19.7 Å². The standard InChI is InChI=1S/C16H18N2O5/c1-22-15-10-12(23-18-15)7-8-14(19)17-13(16(20)21)9-11-5-3-2-4-6-11/h2-6,10,13H,7-9H2,1H3,(H,17,19)(H,20,21). The number of benzene rings is 1. The Morgan fingerprint density at radius 2 is 2.09 bits per heavy atom. The zero-order chi connectivity index (χ0) is 16.7. The van der Waals surface area contributed by atoms with Gasteiger partial charge in [-0.3, -0.25) is 4.79 Å². The number of aromatic nitrogens is 1. The summed E-state index contributed by atoms with van der Waals surface area (Å²) in [7, 11) is 1.47. The van der Waals surface area contributed by atoms with Gasteiger partial charge in [0.2, 0.25) is 5.91 Å². The molecule has 7 heteroatoms. The van der Waals surface area contributed by atoms with Crippen molar-refractivity contribution in [2.24, 2.45) is 0 Å². The number of carbonyl (C=O) groups is 2. The van der Waals surface area contributed by atoms with E-state index < -0.39 is 12.0 Å². The van der Waals surface area contributed by atoms with Crippen molar-refractivity contribution in [2.75, 3.05) is 7.11 Å². The molecule has 0 radical (unpaired) electrons. The number of carbonyl (C=O) groups excluding carboxylic acids is 1. The average Bonchev–Trinajstić information content (AvgIpc) is 3.01. The van der Waals surface area contributed by atoms with Crippen molar-refractivity contribution in [3.05, 3.63) is 47.7 Å². The number of carboxylic acids is 1. The van der Waals surface area contributed by atoms with Gasteiger partial charge in [-0.15, -0.1) is 0 Å².